The first kappa shape index (κ1) is 20.0. The summed E-state index contributed by atoms with van der Waals surface area (Å²) in [6, 6.07) is 16.1. The molecule has 1 aliphatic heterocycles. The van der Waals surface area contributed by atoms with Gasteiger partial charge in [0.25, 0.3) is 5.56 Å². The van der Waals surface area contributed by atoms with Gasteiger partial charge in [0.1, 0.15) is 6.10 Å². The summed E-state index contributed by atoms with van der Waals surface area (Å²) in [6.45, 7) is 3.15. The molecule has 1 aliphatic rings. The maximum absolute atomic E-state index is 13.4. The number of rotatable bonds is 2. The minimum Gasteiger partial charge on any atom is -0.365 e. The summed E-state index contributed by atoms with van der Waals surface area (Å²) in [5, 5.41) is 0.536. The van der Waals surface area contributed by atoms with Crippen LogP contribution in [0.25, 0.3) is 22.2 Å². The van der Waals surface area contributed by atoms with Crippen LogP contribution < -0.4 is 11.2 Å². The number of nitrogens with zero attached hydrogens (tertiary/aromatic N) is 3. The third-order valence-electron chi connectivity index (χ3n) is 6.06. The van der Waals surface area contributed by atoms with E-state index in [-0.39, 0.29) is 17.4 Å². The van der Waals surface area contributed by atoms with Gasteiger partial charge in [0.05, 0.1) is 28.9 Å². The van der Waals surface area contributed by atoms with Crippen molar-refractivity contribution < 1.29 is 4.74 Å². The molecule has 0 amide bonds. The highest BCUT2D eigenvalue weighted by Gasteiger charge is 2.33. The highest BCUT2D eigenvalue weighted by atomic mass is 79.9. The Hall–Kier alpha value is -2.90. The second kappa shape index (κ2) is 7.35. The van der Waals surface area contributed by atoms with Crippen molar-refractivity contribution >= 4 is 26.8 Å². The summed E-state index contributed by atoms with van der Waals surface area (Å²) >= 11 is 3.65. The van der Waals surface area contributed by atoms with E-state index in [4.69, 9.17) is 4.74 Å². The molecule has 5 rings (SSSR count). The molecule has 1 atom stereocenters. The molecule has 0 radical (unpaired) electrons. The van der Waals surface area contributed by atoms with E-state index >= 15 is 0 Å². The average molecular weight is 480 g/mol. The molecule has 0 spiro atoms. The van der Waals surface area contributed by atoms with E-state index in [1.165, 1.54) is 11.6 Å². The van der Waals surface area contributed by atoms with Gasteiger partial charge >= 0.3 is 5.69 Å². The van der Waals surface area contributed by atoms with E-state index in [9.17, 15) is 9.59 Å². The van der Waals surface area contributed by atoms with Gasteiger partial charge in [-0.2, -0.15) is 0 Å². The van der Waals surface area contributed by atoms with E-state index in [0.717, 1.165) is 32.6 Å². The molecule has 0 saturated carbocycles. The van der Waals surface area contributed by atoms with E-state index in [1.807, 2.05) is 43.3 Å². The zero-order chi connectivity index (χ0) is 21.9. The number of aromatic nitrogens is 3. The third kappa shape index (κ3) is 2.95. The molecular weight excluding hydrogens is 458 g/mol. The van der Waals surface area contributed by atoms with Crippen molar-refractivity contribution in [1.29, 1.82) is 0 Å². The van der Waals surface area contributed by atoms with Gasteiger partial charge in [-0.25, -0.2) is 4.79 Å². The van der Waals surface area contributed by atoms with Crippen LogP contribution in [0.3, 0.4) is 0 Å². The van der Waals surface area contributed by atoms with Crippen LogP contribution in [0.2, 0.25) is 0 Å². The van der Waals surface area contributed by atoms with Gasteiger partial charge in [0.15, 0.2) is 0 Å². The number of aryl methyl sites for hydroxylation is 2. The van der Waals surface area contributed by atoms with Crippen LogP contribution >= 0.6 is 15.9 Å². The van der Waals surface area contributed by atoms with Crippen molar-refractivity contribution in [3.8, 4) is 11.3 Å². The predicted molar refractivity (Wildman–Crippen MR) is 125 cm³/mol. The molecule has 0 bridgehead atoms. The summed E-state index contributed by atoms with van der Waals surface area (Å²) in [5.41, 5.74) is 4.71. The molecule has 6 nitrogen and oxygen atoms in total. The van der Waals surface area contributed by atoms with Crippen molar-refractivity contribution in [3.63, 3.8) is 0 Å². The van der Waals surface area contributed by atoms with Gasteiger partial charge in [-0.3, -0.25) is 13.9 Å². The first-order valence-electron chi connectivity index (χ1n) is 10.1. The number of fused-ring (bicyclic) bond motifs is 3. The molecule has 0 unspecified atom stereocenters. The fourth-order valence-corrected chi connectivity index (χ4v) is 4.98. The number of hydrogen-bond acceptors (Lipinski definition) is 3. The van der Waals surface area contributed by atoms with Gasteiger partial charge < -0.3 is 9.30 Å². The van der Waals surface area contributed by atoms with Gasteiger partial charge in [0, 0.05) is 30.7 Å². The van der Waals surface area contributed by atoms with Gasteiger partial charge in [0.2, 0.25) is 0 Å². The lowest BCUT2D eigenvalue weighted by Crippen LogP contribution is -2.37. The van der Waals surface area contributed by atoms with Gasteiger partial charge in [-0.05, 0) is 18.6 Å². The topological polar surface area (TPSA) is 58.2 Å². The Morgan fingerprint density at radius 2 is 1.71 bits per heavy atom. The maximum atomic E-state index is 13.4. The van der Waals surface area contributed by atoms with Gasteiger partial charge in [-0.1, -0.05) is 64.0 Å². The summed E-state index contributed by atoms with van der Waals surface area (Å²) < 4.78 is 12.0. The number of halogens is 1. The largest absolute Gasteiger partial charge is 0.365 e. The molecule has 2 aromatic carbocycles. The molecule has 31 heavy (non-hydrogen) atoms. The zero-order valence-electron chi connectivity index (χ0n) is 17.6. The quantitative estimate of drug-likeness (QED) is 0.438. The van der Waals surface area contributed by atoms with Crippen LogP contribution in [-0.4, -0.2) is 20.3 Å². The van der Waals surface area contributed by atoms with Gasteiger partial charge in [-0.15, -0.1) is 0 Å². The highest BCUT2D eigenvalue weighted by Crippen LogP contribution is 2.42. The molecule has 7 heteroatoms. The van der Waals surface area contributed by atoms with Crippen molar-refractivity contribution in [2.24, 2.45) is 14.1 Å². The van der Waals surface area contributed by atoms with Crippen LogP contribution in [-0.2, 0) is 25.4 Å². The highest BCUT2D eigenvalue weighted by molar-refractivity contribution is 9.10. The molecule has 0 N–H and O–H groups in total. The summed E-state index contributed by atoms with van der Waals surface area (Å²) in [5.74, 6) is 0. The monoisotopic (exact) mass is 479 g/mol. The van der Waals surface area contributed by atoms with Crippen LogP contribution in [0.5, 0.6) is 0 Å². The Balaban J connectivity index is 1.96. The molecule has 158 valence electrons. The molecule has 0 aliphatic carbocycles. The van der Waals surface area contributed by atoms with Crippen LogP contribution in [0.1, 0.15) is 22.9 Å². The lowest BCUT2D eigenvalue weighted by molar-refractivity contribution is 0.0478. The van der Waals surface area contributed by atoms with E-state index in [0.29, 0.717) is 24.1 Å². The van der Waals surface area contributed by atoms with Crippen molar-refractivity contribution in [1.82, 2.24) is 13.7 Å². The Bertz CT molecular complexity index is 1440. The Morgan fingerprint density at radius 3 is 2.42 bits per heavy atom. The van der Waals surface area contributed by atoms with Crippen molar-refractivity contribution in [2.75, 3.05) is 6.61 Å². The lowest BCUT2D eigenvalue weighted by Gasteiger charge is -2.28. The minimum atomic E-state index is -0.370. The number of ether oxygens (including phenoxy) is 1. The summed E-state index contributed by atoms with van der Waals surface area (Å²) in [4.78, 5) is 26.2. The first-order chi connectivity index (χ1) is 14.9. The van der Waals surface area contributed by atoms with E-state index in [2.05, 4.69) is 32.6 Å². The summed E-state index contributed by atoms with van der Waals surface area (Å²) in [7, 11) is 3.24. The lowest BCUT2D eigenvalue weighted by atomic mass is 10.0. The fraction of sp³-hybridized carbons (Fsp3) is 0.250. The molecule has 0 fully saturated rings. The van der Waals surface area contributed by atoms with Crippen molar-refractivity contribution in [2.45, 2.75) is 19.6 Å². The second-order valence-corrected chi connectivity index (χ2v) is 8.81. The van der Waals surface area contributed by atoms with E-state index < -0.39 is 0 Å². The standard InChI is InChI=1S/C24H22BrN3O3/c1-14-8-10-15(11-9-14)22-21-20-18(23(29)27(3)24(30)26(20)2)19(28(21)12-13-31-22)16-6-4-5-7-17(16)25/h4-11,22H,12-13H2,1-3H3/t22-/m0/s1. The summed E-state index contributed by atoms with van der Waals surface area (Å²) in [6.07, 6.45) is -0.370. The third-order valence-corrected chi connectivity index (χ3v) is 6.75. The van der Waals surface area contributed by atoms with E-state index in [1.54, 1.807) is 11.6 Å². The second-order valence-electron chi connectivity index (χ2n) is 7.96. The maximum Gasteiger partial charge on any atom is 0.331 e. The molecule has 4 aromatic rings. The molecule has 3 heterocycles. The predicted octanol–water partition coefficient (Wildman–Crippen LogP) is 3.90. The van der Waals surface area contributed by atoms with Crippen LogP contribution in [0.15, 0.2) is 62.6 Å². The minimum absolute atomic E-state index is 0.298. The number of benzene rings is 2. The fourth-order valence-electron chi connectivity index (χ4n) is 4.51. The normalized spacial score (nSPS) is 15.9. The first-order valence-corrected chi connectivity index (χ1v) is 10.9. The molecular formula is C24H22BrN3O3. The Labute approximate surface area is 187 Å². The molecule has 0 saturated heterocycles. The van der Waals surface area contributed by atoms with Crippen molar-refractivity contribution in [3.05, 3.63) is 90.7 Å². The number of hydrogen-bond donors (Lipinski definition) is 0. The molecule has 2 aromatic heterocycles. The van der Waals surface area contributed by atoms with Crippen LogP contribution in [0, 0.1) is 6.92 Å². The Morgan fingerprint density at radius 1 is 1.00 bits per heavy atom. The zero-order valence-corrected chi connectivity index (χ0v) is 19.1. The smallest absolute Gasteiger partial charge is 0.331 e. The van der Waals surface area contributed by atoms with Crippen LogP contribution in [0.4, 0.5) is 0 Å². The SMILES string of the molecule is Cc1ccc([C@@H]2OCCn3c(-c4ccccc4Br)c4c(=O)n(C)c(=O)n(C)c4c32)cc1. The average Bonchev–Trinajstić information content (AvgIpc) is 3.12. The Kier molecular flexibility index (Phi) is 4.75.